The highest BCUT2D eigenvalue weighted by Gasteiger charge is 2.56. The number of nitrogens with zero attached hydrogens (tertiary/aromatic N) is 1. The molecule has 1 spiro atoms. The molecule has 6 heteroatoms. The van der Waals surface area contributed by atoms with Gasteiger partial charge in [0.15, 0.2) is 0 Å². The molecule has 3 rings (SSSR count). The summed E-state index contributed by atoms with van der Waals surface area (Å²) < 4.78 is 11.6. The monoisotopic (exact) mass is 357 g/mol. The van der Waals surface area contributed by atoms with Gasteiger partial charge in [0, 0.05) is 6.54 Å². The van der Waals surface area contributed by atoms with Gasteiger partial charge in [-0.1, -0.05) is 49.4 Å². The third-order valence-electron chi connectivity index (χ3n) is 4.34. The lowest BCUT2D eigenvalue weighted by atomic mass is 10.1. The van der Waals surface area contributed by atoms with Gasteiger partial charge < -0.3 is 14.4 Å². The van der Waals surface area contributed by atoms with Crippen molar-refractivity contribution in [1.29, 1.82) is 0 Å². The number of unbranched alkanes of at least 4 members (excludes halogenated alkanes) is 3. The summed E-state index contributed by atoms with van der Waals surface area (Å²) >= 11 is 12.8. The quantitative estimate of drug-likeness (QED) is 0.727. The largest absolute Gasteiger partial charge is 0.338 e. The Morgan fingerprint density at radius 1 is 1.13 bits per heavy atom. The van der Waals surface area contributed by atoms with Gasteiger partial charge in [-0.05, 0) is 25.0 Å². The first-order chi connectivity index (χ1) is 11.1. The fourth-order valence-corrected chi connectivity index (χ4v) is 3.75. The standard InChI is InChI=1S/C17H21Cl2NO3/c1-2-3-4-5-9-20-15-13(19)8-7-12(18)14(15)17(16(20)21)22-10-6-11-23-17/h7-8H,2-6,9-11H2,1H3. The van der Waals surface area contributed by atoms with Gasteiger partial charge in [0.1, 0.15) is 0 Å². The van der Waals surface area contributed by atoms with E-state index in [0.29, 0.717) is 41.1 Å². The van der Waals surface area contributed by atoms with Crippen LogP contribution in [0, 0.1) is 0 Å². The van der Waals surface area contributed by atoms with E-state index < -0.39 is 5.79 Å². The van der Waals surface area contributed by atoms with Gasteiger partial charge in [0.25, 0.3) is 11.7 Å². The molecule has 2 heterocycles. The van der Waals surface area contributed by atoms with Crippen molar-refractivity contribution < 1.29 is 14.3 Å². The molecule has 0 aliphatic carbocycles. The van der Waals surface area contributed by atoms with Gasteiger partial charge in [-0.25, -0.2) is 0 Å². The lowest BCUT2D eigenvalue weighted by Crippen LogP contribution is -2.47. The molecular weight excluding hydrogens is 337 g/mol. The van der Waals surface area contributed by atoms with Crippen molar-refractivity contribution in [2.75, 3.05) is 24.7 Å². The molecule has 23 heavy (non-hydrogen) atoms. The minimum absolute atomic E-state index is 0.210. The predicted molar refractivity (Wildman–Crippen MR) is 91.2 cm³/mol. The summed E-state index contributed by atoms with van der Waals surface area (Å²) in [5.74, 6) is -1.63. The number of benzene rings is 1. The topological polar surface area (TPSA) is 38.8 Å². The number of anilines is 1. The van der Waals surface area contributed by atoms with E-state index in [-0.39, 0.29) is 5.91 Å². The van der Waals surface area contributed by atoms with Crippen LogP contribution in [0.1, 0.15) is 44.6 Å². The molecule has 0 unspecified atom stereocenters. The molecule has 2 aliphatic rings. The fourth-order valence-electron chi connectivity index (χ4n) is 3.21. The van der Waals surface area contributed by atoms with Gasteiger partial charge in [-0.2, -0.15) is 0 Å². The van der Waals surface area contributed by atoms with Gasteiger partial charge in [0.2, 0.25) is 0 Å². The Morgan fingerprint density at radius 2 is 1.83 bits per heavy atom. The third-order valence-corrected chi connectivity index (χ3v) is 4.96. The summed E-state index contributed by atoms with van der Waals surface area (Å²) in [4.78, 5) is 14.8. The predicted octanol–water partition coefficient (Wildman–Crippen LogP) is 4.51. The molecule has 0 saturated carbocycles. The Hall–Kier alpha value is -0.810. The van der Waals surface area contributed by atoms with Gasteiger partial charge in [0.05, 0.1) is 34.5 Å². The van der Waals surface area contributed by atoms with Gasteiger partial charge >= 0.3 is 0 Å². The molecule has 2 aliphatic heterocycles. The number of rotatable bonds is 5. The van der Waals surface area contributed by atoms with E-state index in [1.807, 2.05) is 0 Å². The first kappa shape index (κ1) is 17.0. The van der Waals surface area contributed by atoms with E-state index in [2.05, 4.69) is 6.92 Å². The van der Waals surface area contributed by atoms with Crippen molar-refractivity contribution in [2.45, 2.75) is 44.8 Å². The molecule has 0 radical (unpaired) electrons. The fraction of sp³-hybridized carbons (Fsp3) is 0.588. The maximum absolute atomic E-state index is 13.1. The zero-order chi connectivity index (χ0) is 16.4. The molecule has 126 valence electrons. The van der Waals surface area contributed by atoms with E-state index in [1.54, 1.807) is 17.0 Å². The van der Waals surface area contributed by atoms with Crippen molar-refractivity contribution in [2.24, 2.45) is 0 Å². The van der Waals surface area contributed by atoms with Crippen LogP contribution in [-0.2, 0) is 20.1 Å². The third kappa shape index (κ3) is 2.86. The Kier molecular flexibility index (Phi) is 5.16. The second-order valence-electron chi connectivity index (χ2n) is 5.94. The Balaban J connectivity index is 1.97. The molecule has 1 aromatic rings. The highest BCUT2D eigenvalue weighted by atomic mass is 35.5. The molecule has 1 aromatic carbocycles. The molecule has 0 N–H and O–H groups in total. The maximum atomic E-state index is 13.1. The van der Waals surface area contributed by atoms with Crippen LogP contribution in [0.15, 0.2) is 12.1 Å². The normalized spacial score (nSPS) is 19.4. The highest BCUT2D eigenvalue weighted by Crippen LogP contribution is 2.51. The number of halogens is 2. The first-order valence-electron chi connectivity index (χ1n) is 8.20. The number of carbonyl (C=O) groups is 1. The number of hydrogen-bond acceptors (Lipinski definition) is 3. The summed E-state index contributed by atoms with van der Waals surface area (Å²) in [7, 11) is 0. The number of carbonyl (C=O) groups excluding carboxylic acids is 1. The van der Waals surface area contributed by atoms with Crippen LogP contribution in [0.3, 0.4) is 0 Å². The minimum atomic E-state index is -1.42. The van der Waals surface area contributed by atoms with Crippen LogP contribution < -0.4 is 4.90 Å². The first-order valence-corrected chi connectivity index (χ1v) is 8.95. The lowest BCUT2D eigenvalue weighted by Gasteiger charge is -2.32. The number of fused-ring (bicyclic) bond motifs is 2. The van der Waals surface area contributed by atoms with Gasteiger partial charge in [-0.15, -0.1) is 0 Å². The maximum Gasteiger partial charge on any atom is 0.292 e. The summed E-state index contributed by atoms with van der Waals surface area (Å²) in [5.41, 5.74) is 1.20. The van der Waals surface area contributed by atoms with E-state index in [9.17, 15) is 4.79 Å². The van der Waals surface area contributed by atoms with Crippen LogP contribution in [0.2, 0.25) is 10.0 Å². The Bertz CT molecular complexity index is 600. The van der Waals surface area contributed by atoms with Crippen LogP contribution in [-0.4, -0.2) is 25.7 Å². The van der Waals surface area contributed by atoms with Crippen molar-refractivity contribution in [1.82, 2.24) is 0 Å². The van der Waals surface area contributed by atoms with E-state index in [1.165, 1.54) is 0 Å². The number of ether oxygens (including phenoxy) is 2. The number of hydrogen-bond donors (Lipinski definition) is 0. The van der Waals surface area contributed by atoms with Crippen LogP contribution >= 0.6 is 23.2 Å². The second kappa shape index (κ2) is 6.98. The minimum Gasteiger partial charge on any atom is -0.338 e. The van der Waals surface area contributed by atoms with Crippen LogP contribution in [0.5, 0.6) is 0 Å². The summed E-state index contributed by atoms with van der Waals surface area (Å²) in [6.45, 7) is 3.70. The molecule has 0 atom stereocenters. The summed E-state index contributed by atoms with van der Waals surface area (Å²) in [6.07, 6.45) is 5.04. The van der Waals surface area contributed by atoms with Crippen molar-refractivity contribution in [3.05, 3.63) is 27.7 Å². The molecule has 1 saturated heterocycles. The van der Waals surface area contributed by atoms with Crippen LogP contribution in [0.4, 0.5) is 5.69 Å². The molecule has 0 bridgehead atoms. The Morgan fingerprint density at radius 3 is 2.52 bits per heavy atom. The van der Waals surface area contributed by atoms with Crippen molar-refractivity contribution in [3.63, 3.8) is 0 Å². The van der Waals surface area contributed by atoms with E-state index in [0.717, 1.165) is 32.1 Å². The number of amides is 1. The lowest BCUT2D eigenvalue weighted by molar-refractivity contribution is -0.256. The van der Waals surface area contributed by atoms with E-state index in [4.69, 9.17) is 32.7 Å². The van der Waals surface area contributed by atoms with Crippen molar-refractivity contribution >= 4 is 34.8 Å². The average Bonchev–Trinajstić information content (AvgIpc) is 2.79. The Labute approximate surface area is 146 Å². The summed E-state index contributed by atoms with van der Waals surface area (Å²) in [6, 6.07) is 3.41. The molecule has 1 amide bonds. The molecule has 0 aromatic heterocycles. The summed E-state index contributed by atoms with van der Waals surface area (Å²) in [5, 5.41) is 0.957. The van der Waals surface area contributed by atoms with Gasteiger partial charge in [-0.3, -0.25) is 4.79 Å². The SMILES string of the molecule is CCCCCCN1C(=O)C2(OCCCO2)c2c(Cl)ccc(Cl)c21. The van der Waals surface area contributed by atoms with E-state index >= 15 is 0 Å². The zero-order valence-corrected chi connectivity index (χ0v) is 14.8. The highest BCUT2D eigenvalue weighted by molar-refractivity contribution is 6.38. The molecular formula is C17H21Cl2NO3. The zero-order valence-electron chi connectivity index (χ0n) is 13.2. The smallest absolute Gasteiger partial charge is 0.292 e. The average molecular weight is 358 g/mol. The second-order valence-corrected chi connectivity index (χ2v) is 6.75. The van der Waals surface area contributed by atoms with Crippen LogP contribution in [0.25, 0.3) is 0 Å². The molecule has 1 fully saturated rings. The van der Waals surface area contributed by atoms with Crippen molar-refractivity contribution in [3.8, 4) is 0 Å². The molecule has 4 nitrogen and oxygen atoms in total.